The lowest BCUT2D eigenvalue weighted by molar-refractivity contribution is 0.118. The van der Waals surface area contributed by atoms with E-state index >= 15 is 0 Å². The van der Waals surface area contributed by atoms with Crippen LogP contribution in [0.2, 0.25) is 0 Å². The van der Waals surface area contributed by atoms with E-state index in [0.717, 1.165) is 17.9 Å². The predicted octanol–water partition coefficient (Wildman–Crippen LogP) is 2.98. The van der Waals surface area contributed by atoms with Gasteiger partial charge in [-0.1, -0.05) is 30.3 Å². The molecule has 1 saturated carbocycles. The lowest BCUT2D eigenvalue weighted by Crippen LogP contribution is -2.32. The Morgan fingerprint density at radius 2 is 1.94 bits per heavy atom. The van der Waals surface area contributed by atoms with Crippen LogP contribution in [0.1, 0.15) is 43.8 Å². The van der Waals surface area contributed by atoms with Gasteiger partial charge in [-0.25, -0.2) is 0 Å². The zero-order chi connectivity index (χ0) is 12.4. The van der Waals surface area contributed by atoms with E-state index in [1.807, 2.05) is 30.3 Å². The van der Waals surface area contributed by atoms with Gasteiger partial charge in [0.1, 0.15) is 0 Å². The van der Waals surface area contributed by atoms with Crippen LogP contribution in [0.5, 0.6) is 0 Å². The first-order valence-corrected chi connectivity index (χ1v) is 7.30. The number of hydrogen-bond donors (Lipinski definition) is 1. The van der Waals surface area contributed by atoms with E-state index in [2.05, 4.69) is 4.90 Å². The highest BCUT2D eigenvalue weighted by atomic mass is 16.3. The lowest BCUT2D eigenvalue weighted by atomic mass is 10.0. The van der Waals surface area contributed by atoms with E-state index in [0.29, 0.717) is 6.04 Å². The number of rotatable bonds is 5. The maximum atomic E-state index is 10.3. The predicted molar refractivity (Wildman–Crippen MR) is 73.3 cm³/mol. The quantitative estimate of drug-likeness (QED) is 0.862. The molecule has 0 spiro atoms. The fraction of sp³-hybridized carbons (Fsp3) is 0.625. The third-order valence-corrected chi connectivity index (χ3v) is 4.37. The fourth-order valence-electron chi connectivity index (χ4n) is 3.10. The average molecular weight is 245 g/mol. The second kappa shape index (κ2) is 5.41. The van der Waals surface area contributed by atoms with Gasteiger partial charge in [0.05, 0.1) is 6.10 Å². The maximum Gasteiger partial charge on any atom is 0.0805 e. The van der Waals surface area contributed by atoms with Gasteiger partial charge >= 0.3 is 0 Å². The minimum absolute atomic E-state index is 0.295. The van der Waals surface area contributed by atoms with Crippen molar-refractivity contribution in [2.45, 2.75) is 44.2 Å². The molecule has 3 rings (SSSR count). The highest BCUT2D eigenvalue weighted by Crippen LogP contribution is 2.34. The van der Waals surface area contributed by atoms with Crippen molar-refractivity contribution < 1.29 is 5.11 Å². The van der Waals surface area contributed by atoms with Crippen molar-refractivity contribution in [2.75, 3.05) is 13.1 Å². The van der Waals surface area contributed by atoms with Crippen LogP contribution in [0.25, 0.3) is 0 Å². The molecule has 2 heteroatoms. The Morgan fingerprint density at radius 3 is 2.67 bits per heavy atom. The molecule has 18 heavy (non-hydrogen) atoms. The molecule has 0 radical (unpaired) electrons. The van der Waals surface area contributed by atoms with E-state index in [1.54, 1.807) is 0 Å². The third kappa shape index (κ3) is 2.93. The largest absolute Gasteiger partial charge is 0.388 e. The van der Waals surface area contributed by atoms with E-state index in [4.69, 9.17) is 0 Å². The van der Waals surface area contributed by atoms with E-state index in [1.165, 1.54) is 38.8 Å². The van der Waals surface area contributed by atoms with Gasteiger partial charge in [0.25, 0.3) is 0 Å². The summed E-state index contributed by atoms with van der Waals surface area (Å²) in [6.45, 7) is 2.51. The van der Waals surface area contributed by atoms with Crippen LogP contribution in [0.3, 0.4) is 0 Å². The molecule has 2 fully saturated rings. The molecule has 1 saturated heterocycles. The molecule has 2 atom stereocenters. The van der Waals surface area contributed by atoms with Gasteiger partial charge in [-0.2, -0.15) is 0 Å². The molecular formula is C16H23NO. The zero-order valence-corrected chi connectivity index (χ0v) is 11.0. The van der Waals surface area contributed by atoms with Gasteiger partial charge in [0.2, 0.25) is 0 Å². The second-order valence-corrected chi connectivity index (χ2v) is 5.90. The summed E-state index contributed by atoms with van der Waals surface area (Å²) in [5, 5.41) is 10.3. The van der Waals surface area contributed by atoms with E-state index in [-0.39, 0.29) is 6.10 Å². The normalized spacial score (nSPS) is 26.4. The summed E-state index contributed by atoms with van der Waals surface area (Å²) < 4.78 is 0. The van der Waals surface area contributed by atoms with Crippen LogP contribution in [-0.4, -0.2) is 29.1 Å². The minimum atomic E-state index is -0.295. The molecule has 1 aliphatic carbocycles. The van der Waals surface area contributed by atoms with Gasteiger partial charge in [-0.3, -0.25) is 0 Å². The van der Waals surface area contributed by atoms with Gasteiger partial charge in [-0.05, 0) is 50.1 Å². The lowest BCUT2D eigenvalue weighted by Gasteiger charge is -2.26. The summed E-state index contributed by atoms with van der Waals surface area (Å²) in [7, 11) is 0. The van der Waals surface area contributed by atoms with Crippen molar-refractivity contribution in [3.8, 4) is 0 Å². The smallest absolute Gasteiger partial charge is 0.0805 e. The number of hydrogen-bond acceptors (Lipinski definition) is 2. The standard InChI is InChI=1S/C16H23NO/c18-16(14-5-2-1-3-6-14)11-15-7-4-10-17(15)12-13-8-9-13/h1-3,5-6,13,15-16,18H,4,7-12H2. The van der Waals surface area contributed by atoms with Crippen molar-refractivity contribution in [2.24, 2.45) is 5.92 Å². The first-order chi connectivity index (χ1) is 8.83. The van der Waals surface area contributed by atoms with Gasteiger partial charge in [0.15, 0.2) is 0 Å². The van der Waals surface area contributed by atoms with Gasteiger partial charge in [0, 0.05) is 12.6 Å². The first kappa shape index (κ1) is 12.2. The molecule has 1 aromatic rings. The Bertz CT molecular complexity index is 374. The van der Waals surface area contributed by atoms with Gasteiger partial charge in [-0.15, -0.1) is 0 Å². The molecule has 2 nitrogen and oxygen atoms in total. The van der Waals surface area contributed by atoms with E-state index in [9.17, 15) is 5.11 Å². The molecule has 1 aliphatic heterocycles. The molecule has 98 valence electrons. The highest BCUT2D eigenvalue weighted by molar-refractivity contribution is 5.17. The molecule has 0 aromatic heterocycles. The average Bonchev–Trinajstić information content (AvgIpc) is 3.11. The number of nitrogens with zero attached hydrogens (tertiary/aromatic N) is 1. The molecule has 1 aromatic carbocycles. The molecule has 0 bridgehead atoms. The maximum absolute atomic E-state index is 10.3. The first-order valence-electron chi connectivity index (χ1n) is 7.30. The summed E-state index contributed by atoms with van der Waals surface area (Å²) in [6.07, 6.45) is 6.01. The van der Waals surface area contributed by atoms with Crippen LogP contribution in [0, 0.1) is 5.92 Å². The molecular weight excluding hydrogens is 222 g/mol. The Morgan fingerprint density at radius 1 is 1.17 bits per heavy atom. The summed E-state index contributed by atoms with van der Waals surface area (Å²) in [5.41, 5.74) is 1.07. The number of likely N-dealkylation sites (tertiary alicyclic amines) is 1. The molecule has 1 N–H and O–H groups in total. The fourth-order valence-corrected chi connectivity index (χ4v) is 3.10. The Labute approximate surface area is 110 Å². The topological polar surface area (TPSA) is 23.5 Å². The zero-order valence-electron chi connectivity index (χ0n) is 11.0. The molecule has 2 unspecified atom stereocenters. The van der Waals surface area contributed by atoms with Crippen molar-refractivity contribution in [3.63, 3.8) is 0 Å². The van der Waals surface area contributed by atoms with Crippen molar-refractivity contribution in [3.05, 3.63) is 35.9 Å². The van der Waals surface area contributed by atoms with E-state index < -0.39 is 0 Å². The Balaban J connectivity index is 1.57. The Hall–Kier alpha value is -0.860. The summed E-state index contributed by atoms with van der Waals surface area (Å²) >= 11 is 0. The van der Waals surface area contributed by atoms with Gasteiger partial charge < -0.3 is 10.0 Å². The number of aliphatic hydroxyl groups is 1. The summed E-state index contributed by atoms with van der Waals surface area (Å²) in [4.78, 5) is 2.61. The Kier molecular flexibility index (Phi) is 3.67. The van der Waals surface area contributed by atoms with Crippen molar-refractivity contribution >= 4 is 0 Å². The molecule has 0 amide bonds. The highest BCUT2D eigenvalue weighted by Gasteiger charge is 2.32. The monoisotopic (exact) mass is 245 g/mol. The minimum Gasteiger partial charge on any atom is -0.388 e. The van der Waals surface area contributed by atoms with Crippen LogP contribution in [0.15, 0.2) is 30.3 Å². The molecule has 2 aliphatic rings. The summed E-state index contributed by atoms with van der Waals surface area (Å²) in [5.74, 6) is 0.958. The number of benzene rings is 1. The van der Waals surface area contributed by atoms with Crippen LogP contribution in [-0.2, 0) is 0 Å². The number of aliphatic hydroxyl groups excluding tert-OH is 1. The molecule has 1 heterocycles. The second-order valence-electron chi connectivity index (χ2n) is 5.90. The third-order valence-electron chi connectivity index (χ3n) is 4.37. The van der Waals surface area contributed by atoms with Crippen molar-refractivity contribution in [1.29, 1.82) is 0 Å². The van der Waals surface area contributed by atoms with Crippen LogP contribution < -0.4 is 0 Å². The SMILES string of the molecule is OC(CC1CCCN1CC1CC1)c1ccccc1. The summed E-state index contributed by atoms with van der Waals surface area (Å²) in [6, 6.07) is 10.7. The van der Waals surface area contributed by atoms with Crippen LogP contribution in [0.4, 0.5) is 0 Å². The van der Waals surface area contributed by atoms with Crippen molar-refractivity contribution in [1.82, 2.24) is 4.90 Å². The van der Waals surface area contributed by atoms with Crippen LogP contribution >= 0.6 is 0 Å².